The second kappa shape index (κ2) is 8.87. The number of carbonyl (C=O) groups is 1. The highest BCUT2D eigenvalue weighted by atomic mass is 32.2. The Kier molecular flexibility index (Phi) is 6.28. The maximum atomic E-state index is 13.0. The number of methoxy groups -OCH3 is 2. The van der Waals surface area contributed by atoms with Gasteiger partial charge in [0.25, 0.3) is 0 Å². The standard InChI is InChI=1S/C24H31N3O5S/c1-24(2)16-26(15-23(28)25-17-11-18(31-3)13-19(12-17)32-4)22-8-7-20(14-21(22)24)33(29,30)27-9-5-6-10-27/h7-8,11-14H,5-6,9-10,15-16H2,1-4H3,(H,25,28). The summed E-state index contributed by atoms with van der Waals surface area (Å²) in [5.74, 6) is 0.996. The molecule has 1 fully saturated rings. The SMILES string of the molecule is COc1cc(NC(=O)CN2CC(C)(C)c3cc(S(=O)(=O)N4CCCC4)ccc32)cc(OC)c1. The average Bonchev–Trinajstić information content (AvgIpc) is 3.40. The summed E-state index contributed by atoms with van der Waals surface area (Å²) in [5.41, 5.74) is 2.13. The molecule has 0 aromatic heterocycles. The smallest absolute Gasteiger partial charge is 0.243 e. The highest BCUT2D eigenvalue weighted by Gasteiger charge is 2.37. The molecule has 1 N–H and O–H groups in total. The first-order chi connectivity index (χ1) is 15.6. The summed E-state index contributed by atoms with van der Waals surface area (Å²) in [5, 5.41) is 2.91. The Balaban J connectivity index is 1.54. The van der Waals surface area contributed by atoms with Crippen LogP contribution < -0.4 is 19.7 Å². The molecule has 2 heterocycles. The molecule has 0 atom stereocenters. The van der Waals surface area contributed by atoms with Crippen molar-refractivity contribution in [2.75, 3.05) is 50.6 Å². The van der Waals surface area contributed by atoms with Gasteiger partial charge in [0, 0.05) is 54.6 Å². The van der Waals surface area contributed by atoms with Gasteiger partial charge in [-0.05, 0) is 36.6 Å². The number of amides is 1. The van der Waals surface area contributed by atoms with Crippen molar-refractivity contribution in [1.29, 1.82) is 0 Å². The fourth-order valence-electron chi connectivity index (χ4n) is 4.61. The van der Waals surface area contributed by atoms with Gasteiger partial charge in [-0.15, -0.1) is 0 Å². The first kappa shape index (κ1) is 23.4. The van der Waals surface area contributed by atoms with Crippen molar-refractivity contribution in [2.45, 2.75) is 37.0 Å². The van der Waals surface area contributed by atoms with Crippen LogP contribution in [0.4, 0.5) is 11.4 Å². The van der Waals surface area contributed by atoms with Gasteiger partial charge in [0.15, 0.2) is 0 Å². The van der Waals surface area contributed by atoms with E-state index in [0.29, 0.717) is 41.7 Å². The van der Waals surface area contributed by atoms with Gasteiger partial charge in [0.2, 0.25) is 15.9 Å². The maximum Gasteiger partial charge on any atom is 0.243 e. The lowest BCUT2D eigenvalue weighted by molar-refractivity contribution is -0.115. The number of hydrogen-bond acceptors (Lipinski definition) is 6. The molecule has 0 unspecified atom stereocenters. The Labute approximate surface area is 195 Å². The number of sulfonamides is 1. The summed E-state index contributed by atoms with van der Waals surface area (Å²) in [6.45, 7) is 6.05. The Hall–Kier alpha value is -2.78. The summed E-state index contributed by atoms with van der Waals surface area (Å²) < 4.78 is 38.2. The molecule has 2 aliphatic heterocycles. The molecule has 178 valence electrons. The van der Waals surface area contributed by atoms with Gasteiger partial charge >= 0.3 is 0 Å². The second-order valence-electron chi connectivity index (χ2n) is 9.18. The Bertz CT molecular complexity index is 1130. The van der Waals surface area contributed by atoms with Gasteiger partial charge < -0.3 is 19.7 Å². The molecule has 1 saturated heterocycles. The van der Waals surface area contributed by atoms with E-state index in [2.05, 4.69) is 19.2 Å². The van der Waals surface area contributed by atoms with Crippen molar-refractivity contribution < 1.29 is 22.7 Å². The zero-order chi connectivity index (χ0) is 23.8. The first-order valence-corrected chi connectivity index (χ1v) is 12.5. The third-order valence-corrected chi connectivity index (χ3v) is 8.19. The lowest BCUT2D eigenvalue weighted by Gasteiger charge is -2.22. The molecule has 2 aromatic rings. The number of nitrogens with one attached hydrogen (secondary N) is 1. The second-order valence-corrected chi connectivity index (χ2v) is 11.1. The van der Waals surface area contributed by atoms with Crippen LogP contribution in [-0.2, 0) is 20.2 Å². The van der Waals surface area contributed by atoms with E-state index < -0.39 is 10.0 Å². The number of rotatable bonds is 7. The van der Waals surface area contributed by atoms with E-state index in [4.69, 9.17) is 9.47 Å². The third kappa shape index (κ3) is 4.65. The molecule has 1 amide bonds. The molecule has 0 bridgehead atoms. The third-order valence-electron chi connectivity index (χ3n) is 6.30. The molecule has 4 rings (SSSR count). The van der Waals surface area contributed by atoms with E-state index >= 15 is 0 Å². The molecule has 2 aromatic carbocycles. The van der Waals surface area contributed by atoms with E-state index in [0.717, 1.165) is 24.1 Å². The first-order valence-electron chi connectivity index (χ1n) is 11.1. The number of hydrogen-bond donors (Lipinski definition) is 1. The number of ether oxygens (including phenoxy) is 2. The van der Waals surface area contributed by atoms with Crippen molar-refractivity contribution in [3.05, 3.63) is 42.0 Å². The Morgan fingerprint density at radius 2 is 1.67 bits per heavy atom. The minimum Gasteiger partial charge on any atom is -0.497 e. The lowest BCUT2D eigenvalue weighted by Crippen LogP contribution is -2.35. The minimum atomic E-state index is -3.49. The summed E-state index contributed by atoms with van der Waals surface area (Å²) in [6, 6.07) is 10.5. The van der Waals surface area contributed by atoms with Crippen molar-refractivity contribution in [3.63, 3.8) is 0 Å². The van der Waals surface area contributed by atoms with Crippen molar-refractivity contribution >= 4 is 27.3 Å². The molecule has 8 nitrogen and oxygen atoms in total. The molecule has 0 aliphatic carbocycles. The Morgan fingerprint density at radius 3 is 2.27 bits per heavy atom. The van der Waals surface area contributed by atoms with Gasteiger partial charge in [-0.2, -0.15) is 4.31 Å². The molecule has 0 saturated carbocycles. The van der Waals surface area contributed by atoms with Gasteiger partial charge in [-0.25, -0.2) is 8.42 Å². The number of nitrogens with zero attached hydrogens (tertiary/aromatic N) is 2. The maximum absolute atomic E-state index is 13.0. The number of anilines is 2. The largest absolute Gasteiger partial charge is 0.497 e. The molecular weight excluding hydrogens is 442 g/mol. The van der Waals surface area contributed by atoms with Crippen LogP contribution in [0.15, 0.2) is 41.3 Å². The van der Waals surface area contributed by atoms with E-state index in [1.54, 1.807) is 48.9 Å². The van der Waals surface area contributed by atoms with Gasteiger partial charge in [0.1, 0.15) is 11.5 Å². The fraction of sp³-hybridized carbons (Fsp3) is 0.458. The zero-order valence-corrected chi connectivity index (χ0v) is 20.4. The molecule has 0 spiro atoms. The van der Waals surface area contributed by atoms with Crippen LogP contribution in [0.25, 0.3) is 0 Å². The van der Waals surface area contributed by atoms with Crippen molar-refractivity contribution in [2.24, 2.45) is 0 Å². The lowest BCUT2D eigenvalue weighted by atomic mass is 9.87. The monoisotopic (exact) mass is 473 g/mol. The quantitative estimate of drug-likeness (QED) is 0.664. The molecule has 33 heavy (non-hydrogen) atoms. The van der Waals surface area contributed by atoms with Crippen molar-refractivity contribution in [3.8, 4) is 11.5 Å². The molecule has 2 aliphatic rings. The normalized spacial score (nSPS) is 17.6. The van der Waals surface area contributed by atoms with E-state index in [9.17, 15) is 13.2 Å². The molecule has 0 radical (unpaired) electrons. The van der Waals surface area contributed by atoms with Crippen LogP contribution in [0.1, 0.15) is 32.3 Å². The van der Waals surface area contributed by atoms with Crippen LogP contribution in [0.3, 0.4) is 0 Å². The van der Waals surface area contributed by atoms with Gasteiger partial charge in [-0.1, -0.05) is 13.8 Å². The topological polar surface area (TPSA) is 88.2 Å². The molecular formula is C24H31N3O5S. The predicted molar refractivity (Wildman–Crippen MR) is 128 cm³/mol. The Morgan fingerprint density at radius 1 is 1.03 bits per heavy atom. The number of carbonyl (C=O) groups excluding carboxylic acids is 1. The predicted octanol–water partition coefficient (Wildman–Crippen LogP) is 3.22. The summed E-state index contributed by atoms with van der Waals surface area (Å²) in [4.78, 5) is 15.2. The van der Waals surface area contributed by atoms with Crippen LogP contribution in [-0.4, -0.2) is 59.0 Å². The summed E-state index contributed by atoms with van der Waals surface area (Å²) in [6.07, 6.45) is 1.80. The fourth-order valence-corrected chi connectivity index (χ4v) is 6.16. The van der Waals surface area contributed by atoms with Crippen LogP contribution >= 0.6 is 0 Å². The van der Waals surface area contributed by atoms with Crippen LogP contribution in [0, 0.1) is 0 Å². The van der Waals surface area contributed by atoms with Crippen LogP contribution in [0.5, 0.6) is 11.5 Å². The van der Waals surface area contributed by atoms with E-state index in [-0.39, 0.29) is 17.9 Å². The average molecular weight is 474 g/mol. The van der Waals surface area contributed by atoms with Crippen molar-refractivity contribution in [1.82, 2.24) is 4.31 Å². The van der Waals surface area contributed by atoms with Gasteiger partial charge in [-0.3, -0.25) is 4.79 Å². The summed E-state index contributed by atoms with van der Waals surface area (Å²) >= 11 is 0. The number of benzene rings is 2. The zero-order valence-electron chi connectivity index (χ0n) is 19.6. The highest BCUT2D eigenvalue weighted by Crippen LogP contribution is 2.42. The minimum absolute atomic E-state index is 0.147. The van der Waals surface area contributed by atoms with Gasteiger partial charge in [0.05, 0.1) is 25.7 Å². The number of fused-ring (bicyclic) bond motifs is 1. The molecule has 9 heteroatoms. The van der Waals surface area contributed by atoms with Crippen LogP contribution in [0.2, 0.25) is 0 Å². The summed E-state index contributed by atoms with van der Waals surface area (Å²) in [7, 11) is -0.378. The van der Waals surface area contributed by atoms with E-state index in [1.165, 1.54) is 0 Å². The van der Waals surface area contributed by atoms with E-state index in [1.807, 2.05) is 11.0 Å². The highest BCUT2D eigenvalue weighted by molar-refractivity contribution is 7.89.